The second kappa shape index (κ2) is 6.98. The van der Waals surface area contributed by atoms with Crippen molar-refractivity contribution in [2.45, 2.75) is 25.6 Å². The van der Waals surface area contributed by atoms with Crippen LogP contribution in [-0.2, 0) is 9.53 Å². The molecule has 1 aromatic carbocycles. The molecule has 1 rings (SSSR count). The highest BCUT2D eigenvalue weighted by Crippen LogP contribution is 2.27. The molecule has 0 aromatic heterocycles. The summed E-state index contributed by atoms with van der Waals surface area (Å²) in [4.78, 5) is 11.2. The number of aliphatic hydroxyl groups is 2. The molecule has 18 heavy (non-hydrogen) atoms. The Bertz CT molecular complexity index is 391. The van der Waals surface area contributed by atoms with Crippen molar-refractivity contribution < 1.29 is 24.5 Å². The van der Waals surface area contributed by atoms with Crippen molar-refractivity contribution in [1.29, 1.82) is 0 Å². The van der Waals surface area contributed by atoms with Gasteiger partial charge in [-0.25, -0.2) is 0 Å². The predicted molar refractivity (Wildman–Crippen MR) is 65.2 cm³/mol. The van der Waals surface area contributed by atoms with Crippen molar-refractivity contribution in [3.05, 3.63) is 29.8 Å². The van der Waals surface area contributed by atoms with Crippen LogP contribution in [0, 0.1) is 0 Å². The van der Waals surface area contributed by atoms with E-state index in [-0.39, 0.29) is 13.0 Å². The van der Waals surface area contributed by atoms with Crippen molar-refractivity contribution in [1.82, 2.24) is 0 Å². The van der Waals surface area contributed by atoms with Gasteiger partial charge in [-0.15, -0.1) is 0 Å². The topological polar surface area (TPSA) is 76.0 Å². The van der Waals surface area contributed by atoms with Gasteiger partial charge < -0.3 is 19.7 Å². The zero-order valence-corrected chi connectivity index (χ0v) is 10.5. The number of benzene rings is 1. The number of aliphatic hydroxyl groups excluding tert-OH is 2. The van der Waals surface area contributed by atoms with Crippen LogP contribution in [0.15, 0.2) is 24.3 Å². The summed E-state index contributed by atoms with van der Waals surface area (Å²) >= 11 is 0. The number of carbonyl (C=O) groups excluding carboxylic acids is 1. The number of hydrogen-bond acceptors (Lipinski definition) is 5. The number of para-hydroxylation sites is 1. The van der Waals surface area contributed by atoms with E-state index in [1.807, 2.05) is 0 Å². The van der Waals surface area contributed by atoms with Crippen molar-refractivity contribution in [3.63, 3.8) is 0 Å². The molecule has 0 aliphatic heterocycles. The van der Waals surface area contributed by atoms with Crippen LogP contribution in [0.1, 0.15) is 25.0 Å². The molecule has 0 saturated carbocycles. The fraction of sp³-hybridized carbons (Fsp3) is 0.462. The highest BCUT2D eigenvalue weighted by atomic mass is 16.5. The third-order valence-electron chi connectivity index (χ3n) is 2.50. The molecule has 0 heterocycles. The van der Waals surface area contributed by atoms with Crippen LogP contribution in [0.25, 0.3) is 0 Å². The van der Waals surface area contributed by atoms with Crippen LogP contribution in [0.4, 0.5) is 0 Å². The number of rotatable bonds is 6. The Kier molecular flexibility index (Phi) is 5.61. The first kappa shape index (κ1) is 14.5. The summed E-state index contributed by atoms with van der Waals surface area (Å²) in [5.41, 5.74) is 0.441. The average molecular weight is 254 g/mol. The maximum Gasteiger partial charge on any atom is 0.308 e. The lowest BCUT2D eigenvalue weighted by Gasteiger charge is -2.19. The van der Waals surface area contributed by atoms with Gasteiger partial charge >= 0.3 is 5.97 Å². The smallest absolute Gasteiger partial charge is 0.308 e. The molecule has 0 fully saturated rings. The molecular weight excluding hydrogens is 236 g/mol. The quantitative estimate of drug-likeness (QED) is 0.742. The van der Waals surface area contributed by atoms with E-state index in [9.17, 15) is 15.0 Å². The fourth-order valence-electron chi connectivity index (χ4n) is 1.62. The molecule has 1 aromatic rings. The number of hydrogen-bond donors (Lipinski definition) is 2. The van der Waals surface area contributed by atoms with Gasteiger partial charge in [-0.3, -0.25) is 4.79 Å². The monoisotopic (exact) mass is 254 g/mol. The molecule has 0 spiro atoms. The van der Waals surface area contributed by atoms with E-state index in [2.05, 4.69) is 0 Å². The van der Waals surface area contributed by atoms with E-state index < -0.39 is 18.2 Å². The van der Waals surface area contributed by atoms with E-state index >= 15 is 0 Å². The Labute approximate surface area is 106 Å². The second-order valence-electron chi connectivity index (χ2n) is 3.76. The summed E-state index contributed by atoms with van der Waals surface area (Å²) in [7, 11) is 1.48. The molecule has 0 aliphatic carbocycles. The Balaban J connectivity index is 2.73. The number of methoxy groups -OCH3 is 1. The van der Waals surface area contributed by atoms with Gasteiger partial charge in [0.25, 0.3) is 0 Å². The first-order valence-electron chi connectivity index (χ1n) is 5.74. The zero-order chi connectivity index (χ0) is 13.5. The van der Waals surface area contributed by atoms with Gasteiger partial charge in [-0.05, 0) is 13.0 Å². The Morgan fingerprint density at radius 1 is 1.33 bits per heavy atom. The Morgan fingerprint density at radius 3 is 2.61 bits per heavy atom. The van der Waals surface area contributed by atoms with Gasteiger partial charge in [0.15, 0.2) is 0 Å². The van der Waals surface area contributed by atoms with E-state index in [1.54, 1.807) is 31.2 Å². The summed E-state index contributed by atoms with van der Waals surface area (Å²) in [6, 6.07) is 6.79. The predicted octanol–water partition coefficient (Wildman–Crippen LogP) is 1.04. The molecule has 2 atom stereocenters. The van der Waals surface area contributed by atoms with Crippen LogP contribution >= 0.6 is 0 Å². The van der Waals surface area contributed by atoms with E-state index in [0.717, 1.165) is 0 Å². The van der Waals surface area contributed by atoms with Gasteiger partial charge in [0.2, 0.25) is 0 Å². The van der Waals surface area contributed by atoms with Gasteiger partial charge in [-0.2, -0.15) is 0 Å². The van der Waals surface area contributed by atoms with E-state index in [4.69, 9.17) is 9.47 Å². The molecule has 0 aliphatic rings. The molecular formula is C13H18O5. The third-order valence-corrected chi connectivity index (χ3v) is 2.50. The minimum absolute atomic E-state index is 0.246. The molecule has 2 unspecified atom stereocenters. The molecule has 0 amide bonds. The van der Waals surface area contributed by atoms with Crippen molar-refractivity contribution >= 4 is 5.97 Å². The van der Waals surface area contributed by atoms with Gasteiger partial charge in [0.05, 0.1) is 26.2 Å². The Hall–Kier alpha value is -1.59. The van der Waals surface area contributed by atoms with Crippen molar-refractivity contribution in [3.8, 4) is 5.75 Å². The lowest BCUT2D eigenvalue weighted by molar-refractivity contribution is -0.147. The van der Waals surface area contributed by atoms with Crippen molar-refractivity contribution in [2.75, 3.05) is 13.7 Å². The molecule has 0 bridgehead atoms. The maximum absolute atomic E-state index is 11.2. The molecule has 5 heteroatoms. The van der Waals surface area contributed by atoms with E-state index in [1.165, 1.54) is 7.11 Å². The lowest BCUT2D eigenvalue weighted by Crippen LogP contribution is -2.23. The number of esters is 1. The largest absolute Gasteiger partial charge is 0.496 e. The van der Waals surface area contributed by atoms with Gasteiger partial charge in [0.1, 0.15) is 11.9 Å². The maximum atomic E-state index is 11.2. The summed E-state index contributed by atoms with van der Waals surface area (Å²) in [6.45, 7) is 1.93. The van der Waals surface area contributed by atoms with Crippen LogP contribution < -0.4 is 4.74 Å². The van der Waals surface area contributed by atoms with Gasteiger partial charge in [-0.1, -0.05) is 18.2 Å². The normalized spacial score (nSPS) is 13.8. The third kappa shape index (κ3) is 3.72. The standard InChI is InChI=1S/C13H18O5/c1-3-18-12(15)8-10(14)13(16)9-6-4-5-7-11(9)17-2/h4-7,10,13-14,16H,3,8H2,1-2H3. The fourth-order valence-corrected chi connectivity index (χ4v) is 1.62. The SMILES string of the molecule is CCOC(=O)CC(O)C(O)c1ccccc1OC. The summed E-state index contributed by atoms with van der Waals surface area (Å²) < 4.78 is 9.80. The summed E-state index contributed by atoms with van der Waals surface area (Å²) in [6.07, 6.45) is -2.67. The van der Waals surface area contributed by atoms with E-state index in [0.29, 0.717) is 11.3 Å². The highest BCUT2D eigenvalue weighted by Gasteiger charge is 2.24. The van der Waals surface area contributed by atoms with Crippen LogP contribution in [0.3, 0.4) is 0 Å². The molecule has 5 nitrogen and oxygen atoms in total. The first-order valence-corrected chi connectivity index (χ1v) is 5.74. The van der Waals surface area contributed by atoms with Gasteiger partial charge in [0, 0.05) is 5.56 Å². The van der Waals surface area contributed by atoms with Crippen LogP contribution in [0.2, 0.25) is 0 Å². The molecule has 0 radical (unpaired) electrons. The summed E-state index contributed by atoms with van der Waals surface area (Å²) in [5, 5.41) is 19.8. The molecule has 2 N–H and O–H groups in total. The number of ether oxygens (including phenoxy) is 2. The summed E-state index contributed by atoms with van der Waals surface area (Å²) in [5.74, 6) is -0.0770. The minimum atomic E-state index is -1.22. The lowest BCUT2D eigenvalue weighted by atomic mass is 10.0. The number of carbonyl (C=O) groups is 1. The van der Waals surface area contributed by atoms with Crippen LogP contribution in [-0.4, -0.2) is 36.0 Å². The first-order chi connectivity index (χ1) is 8.60. The Morgan fingerprint density at radius 2 is 2.00 bits per heavy atom. The average Bonchev–Trinajstić information content (AvgIpc) is 2.38. The second-order valence-corrected chi connectivity index (χ2v) is 3.76. The van der Waals surface area contributed by atoms with Crippen molar-refractivity contribution in [2.24, 2.45) is 0 Å². The highest BCUT2D eigenvalue weighted by molar-refractivity contribution is 5.70. The zero-order valence-electron chi connectivity index (χ0n) is 10.5. The molecule has 0 saturated heterocycles. The minimum Gasteiger partial charge on any atom is -0.496 e. The van der Waals surface area contributed by atoms with Crippen LogP contribution in [0.5, 0.6) is 5.75 Å². The molecule has 100 valence electrons.